The minimum absolute atomic E-state index is 0.0764. The van der Waals surface area contributed by atoms with Crippen LogP contribution in [0.1, 0.15) is 18.1 Å². The van der Waals surface area contributed by atoms with Gasteiger partial charge in [-0.3, -0.25) is 14.9 Å². The van der Waals surface area contributed by atoms with Crippen molar-refractivity contribution in [2.45, 2.75) is 6.92 Å². The Hall–Kier alpha value is -3.21. The number of carbonyl (C=O) groups excluding carboxylic acids is 1. The first-order chi connectivity index (χ1) is 11.0. The van der Waals surface area contributed by atoms with Gasteiger partial charge in [0.25, 0.3) is 5.69 Å². The van der Waals surface area contributed by atoms with Crippen LogP contribution in [0.4, 0.5) is 11.4 Å². The van der Waals surface area contributed by atoms with Crippen molar-refractivity contribution in [3.8, 4) is 0 Å². The third-order valence-electron chi connectivity index (χ3n) is 3.00. The normalized spacial score (nSPS) is 11.0. The highest BCUT2D eigenvalue weighted by molar-refractivity contribution is 5.89. The van der Waals surface area contributed by atoms with Gasteiger partial charge in [-0.15, -0.1) is 0 Å². The number of rotatable bonds is 5. The molecule has 5 heteroatoms. The third kappa shape index (κ3) is 5.24. The van der Waals surface area contributed by atoms with E-state index in [0.717, 1.165) is 16.8 Å². The second kappa shape index (κ2) is 7.70. The Morgan fingerprint density at radius 1 is 1.04 bits per heavy atom. The number of nitro benzene ring substituents is 1. The minimum Gasteiger partial charge on any atom is -0.326 e. The molecule has 0 aliphatic heterocycles. The van der Waals surface area contributed by atoms with Gasteiger partial charge in [-0.05, 0) is 35.4 Å². The molecule has 0 atom stereocenters. The van der Waals surface area contributed by atoms with Gasteiger partial charge in [0.15, 0.2) is 0 Å². The predicted octanol–water partition coefficient (Wildman–Crippen LogP) is 4.28. The van der Waals surface area contributed by atoms with Crippen LogP contribution in [0.2, 0.25) is 0 Å². The van der Waals surface area contributed by atoms with Crippen molar-refractivity contribution in [2.75, 3.05) is 5.32 Å². The smallest absolute Gasteiger partial charge is 0.269 e. The Kier molecular flexibility index (Phi) is 5.41. The molecule has 0 saturated carbocycles. The molecule has 116 valence electrons. The summed E-state index contributed by atoms with van der Waals surface area (Å²) in [5, 5.41) is 13.3. The SMILES string of the molecule is CC(=O)Nc1cccc(/C=C\C=C\c2ccc([N+](=O)[O-])cc2)c1. The molecule has 0 radical (unpaired) electrons. The first kappa shape index (κ1) is 16.2. The average Bonchev–Trinajstić information content (AvgIpc) is 2.52. The van der Waals surface area contributed by atoms with Crippen LogP contribution in [0.3, 0.4) is 0 Å². The van der Waals surface area contributed by atoms with Crippen molar-refractivity contribution < 1.29 is 9.72 Å². The van der Waals surface area contributed by atoms with E-state index in [0.29, 0.717) is 0 Å². The molecular weight excluding hydrogens is 292 g/mol. The zero-order chi connectivity index (χ0) is 16.7. The lowest BCUT2D eigenvalue weighted by Gasteiger charge is -2.02. The second-order valence-corrected chi connectivity index (χ2v) is 4.87. The number of nitrogens with zero attached hydrogens (tertiary/aromatic N) is 1. The molecule has 2 rings (SSSR count). The maximum atomic E-state index is 11.0. The Morgan fingerprint density at radius 3 is 2.30 bits per heavy atom. The maximum absolute atomic E-state index is 11.0. The third-order valence-corrected chi connectivity index (χ3v) is 3.00. The Labute approximate surface area is 134 Å². The number of allylic oxidation sites excluding steroid dienone is 2. The van der Waals surface area contributed by atoms with Crippen molar-refractivity contribution >= 4 is 29.4 Å². The molecule has 0 spiro atoms. The predicted molar refractivity (Wildman–Crippen MR) is 91.9 cm³/mol. The van der Waals surface area contributed by atoms with Crippen LogP contribution in [-0.4, -0.2) is 10.8 Å². The summed E-state index contributed by atoms with van der Waals surface area (Å²) in [6.07, 6.45) is 7.49. The molecule has 23 heavy (non-hydrogen) atoms. The van der Waals surface area contributed by atoms with Gasteiger partial charge in [0.05, 0.1) is 4.92 Å². The summed E-state index contributed by atoms with van der Waals surface area (Å²) in [7, 11) is 0. The Morgan fingerprint density at radius 2 is 1.70 bits per heavy atom. The summed E-state index contributed by atoms with van der Waals surface area (Å²) in [5.74, 6) is -0.107. The van der Waals surface area contributed by atoms with Crippen LogP contribution < -0.4 is 5.32 Å². The van der Waals surface area contributed by atoms with E-state index in [9.17, 15) is 14.9 Å². The maximum Gasteiger partial charge on any atom is 0.269 e. The van der Waals surface area contributed by atoms with E-state index in [1.807, 2.05) is 48.6 Å². The van der Waals surface area contributed by atoms with Crippen molar-refractivity contribution in [2.24, 2.45) is 0 Å². The molecule has 2 aromatic rings. The molecule has 5 nitrogen and oxygen atoms in total. The number of hydrogen-bond donors (Lipinski definition) is 1. The second-order valence-electron chi connectivity index (χ2n) is 4.87. The van der Waals surface area contributed by atoms with E-state index in [1.165, 1.54) is 19.1 Å². The van der Waals surface area contributed by atoms with Crippen LogP contribution >= 0.6 is 0 Å². The van der Waals surface area contributed by atoms with Crippen molar-refractivity contribution in [3.63, 3.8) is 0 Å². The fourth-order valence-corrected chi connectivity index (χ4v) is 1.96. The zero-order valence-corrected chi connectivity index (χ0v) is 12.6. The molecule has 1 amide bonds. The van der Waals surface area contributed by atoms with E-state index in [-0.39, 0.29) is 11.6 Å². The average molecular weight is 308 g/mol. The molecule has 0 saturated heterocycles. The number of nitrogens with one attached hydrogen (secondary N) is 1. The summed E-state index contributed by atoms with van der Waals surface area (Å²) < 4.78 is 0. The Bertz CT molecular complexity index is 762. The van der Waals surface area contributed by atoms with Crippen molar-refractivity contribution in [3.05, 3.63) is 81.9 Å². The van der Waals surface area contributed by atoms with Crippen LogP contribution in [-0.2, 0) is 4.79 Å². The highest BCUT2D eigenvalue weighted by Gasteiger charge is 2.01. The number of carbonyl (C=O) groups is 1. The molecule has 2 aromatic carbocycles. The molecule has 0 aliphatic rings. The summed E-state index contributed by atoms with van der Waals surface area (Å²) in [6.45, 7) is 1.47. The van der Waals surface area contributed by atoms with Gasteiger partial charge < -0.3 is 5.32 Å². The molecular formula is C18H16N2O3. The summed E-state index contributed by atoms with van der Waals surface area (Å²) in [6, 6.07) is 13.8. The zero-order valence-electron chi connectivity index (χ0n) is 12.6. The highest BCUT2D eigenvalue weighted by Crippen LogP contribution is 2.14. The molecule has 0 bridgehead atoms. The minimum atomic E-state index is -0.421. The summed E-state index contributed by atoms with van der Waals surface area (Å²) in [4.78, 5) is 21.2. The first-order valence-electron chi connectivity index (χ1n) is 7.01. The molecule has 0 aromatic heterocycles. The van der Waals surface area contributed by atoms with Gasteiger partial charge in [-0.25, -0.2) is 0 Å². The first-order valence-corrected chi connectivity index (χ1v) is 7.01. The van der Waals surface area contributed by atoms with E-state index in [2.05, 4.69) is 5.32 Å². The summed E-state index contributed by atoms with van der Waals surface area (Å²) in [5.41, 5.74) is 2.67. The molecule has 0 aliphatic carbocycles. The molecule has 0 fully saturated rings. The van der Waals surface area contributed by atoms with Gasteiger partial charge in [0.2, 0.25) is 5.91 Å². The van der Waals surface area contributed by atoms with Gasteiger partial charge in [-0.2, -0.15) is 0 Å². The monoisotopic (exact) mass is 308 g/mol. The Balaban J connectivity index is 2.00. The number of nitro groups is 1. The number of amides is 1. The molecule has 0 heterocycles. The topological polar surface area (TPSA) is 72.2 Å². The van der Waals surface area contributed by atoms with Crippen molar-refractivity contribution in [1.29, 1.82) is 0 Å². The number of non-ortho nitro benzene ring substituents is 1. The lowest BCUT2D eigenvalue weighted by molar-refractivity contribution is -0.384. The van der Waals surface area contributed by atoms with Gasteiger partial charge in [-0.1, -0.05) is 36.4 Å². The standard InChI is InChI=1S/C18H16N2O3/c1-14(21)19-17-8-4-7-16(13-17)6-3-2-5-15-9-11-18(12-10-15)20(22)23/h2-13H,1H3,(H,19,21)/b5-2+,6-3-. The van der Waals surface area contributed by atoms with Gasteiger partial charge in [0.1, 0.15) is 0 Å². The largest absolute Gasteiger partial charge is 0.326 e. The van der Waals surface area contributed by atoms with Crippen LogP contribution in [0.5, 0.6) is 0 Å². The van der Waals surface area contributed by atoms with E-state index >= 15 is 0 Å². The van der Waals surface area contributed by atoms with Crippen LogP contribution in [0.25, 0.3) is 12.2 Å². The fraction of sp³-hybridized carbons (Fsp3) is 0.0556. The lowest BCUT2D eigenvalue weighted by Crippen LogP contribution is -2.05. The van der Waals surface area contributed by atoms with E-state index in [4.69, 9.17) is 0 Å². The van der Waals surface area contributed by atoms with Gasteiger partial charge >= 0.3 is 0 Å². The van der Waals surface area contributed by atoms with Crippen LogP contribution in [0.15, 0.2) is 60.7 Å². The van der Waals surface area contributed by atoms with E-state index in [1.54, 1.807) is 12.1 Å². The number of anilines is 1. The molecule has 0 unspecified atom stereocenters. The quantitative estimate of drug-likeness (QED) is 0.509. The van der Waals surface area contributed by atoms with E-state index < -0.39 is 4.92 Å². The lowest BCUT2D eigenvalue weighted by atomic mass is 10.1. The number of hydrogen-bond acceptors (Lipinski definition) is 3. The van der Waals surface area contributed by atoms with Crippen molar-refractivity contribution in [1.82, 2.24) is 0 Å². The number of benzene rings is 2. The highest BCUT2D eigenvalue weighted by atomic mass is 16.6. The van der Waals surface area contributed by atoms with Crippen LogP contribution in [0, 0.1) is 10.1 Å². The summed E-state index contributed by atoms with van der Waals surface area (Å²) >= 11 is 0. The molecule has 1 N–H and O–H groups in total. The van der Waals surface area contributed by atoms with Gasteiger partial charge in [0, 0.05) is 24.7 Å². The fourth-order valence-electron chi connectivity index (χ4n) is 1.96.